The van der Waals surface area contributed by atoms with Gasteiger partial charge in [-0.05, 0) is 42.0 Å². The smallest absolute Gasteiger partial charge is 0.338 e. The topological polar surface area (TPSA) is 51.2 Å². The first-order chi connectivity index (χ1) is 8.23. The van der Waals surface area contributed by atoms with Gasteiger partial charge in [0.25, 0.3) is 0 Å². The Morgan fingerprint density at radius 2 is 1.82 bits per heavy atom. The number of rotatable bonds is 3. The van der Waals surface area contributed by atoms with E-state index >= 15 is 0 Å². The van der Waals surface area contributed by atoms with E-state index in [4.69, 9.17) is 5.26 Å². The van der Waals surface area contributed by atoms with Gasteiger partial charge in [-0.15, -0.1) is 0 Å². The number of aryl methyl sites for hydroxylation is 1. The van der Waals surface area contributed by atoms with E-state index in [9.17, 15) is 5.21 Å². The molecule has 1 aromatic rings. The van der Waals surface area contributed by atoms with Crippen LogP contribution in [0, 0.1) is 22.6 Å². The van der Waals surface area contributed by atoms with E-state index in [0.717, 1.165) is 24.8 Å². The predicted octanol–water partition coefficient (Wildman–Crippen LogP) is 3.42. The minimum atomic E-state index is 0.496. The van der Waals surface area contributed by atoms with Crippen LogP contribution >= 0.6 is 0 Å². The number of nitrogens with zero attached hydrogens (tertiary/aromatic N) is 2. The first-order valence-electron chi connectivity index (χ1n) is 5.89. The summed E-state index contributed by atoms with van der Waals surface area (Å²) < 4.78 is 0. The molecule has 0 aliphatic carbocycles. The molecule has 1 rings (SSSR count). The van der Waals surface area contributed by atoms with E-state index in [1.54, 1.807) is 0 Å². The SMILES string of the molecule is CCc1cc(C#N)c(C#[N+][O-])c(CC)c1CC. The summed E-state index contributed by atoms with van der Waals surface area (Å²) in [6.45, 7) is 6.17. The summed E-state index contributed by atoms with van der Waals surface area (Å²) >= 11 is 0. The molecule has 0 aliphatic heterocycles. The van der Waals surface area contributed by atoms with Crippen molar-refractivity contribution in [2.45, 2.75) is 40.0 Å². The molecule has 0 saturated carbocycles. The van der Waals surface area contributed by atoms with Crippen LogP contribution < -0.4 is 0 Å². The monoisotopic (exact) mass is 228 g/mol. The van der Waals surface area contributed by atoms with Gasteiger partial charge in [-0.25, -0.2) is 0 Å². The summed E-state index contributed by atoms with van der Waals surface area (Å²) in [6.07, 6.45) is 2.56. The van der Waals surface area contributed by atoms with Crippen molar-refractivity contribution in [1.29, 1.82) is 5.26 Å². The average molecular weight is 228 g/mol. The summed E-state index contributed by atoms with van der Waals surface area (Å²) in [7, 11) is 0. The molecule has 0 radical (unpaired) electrons. The van der Waals surface area contributed by atoms with E-state index in [0.29, 0.717) is 11.1 Å². The molecule has 3 nitrogen and oxygen atoms in total. The molecule has 0 saturated heterocycles. The molecule has 88 valence electrons. The third-order valence-electron chi connectivity index (χ3n) is 3.01. The Hall–Kier alpha value is -2.00. The fourth-order valence-corrected chi connectivity index (χ4v) is 2.25. The van der Waals surface area contributed by atoms with Crippen molar-refractivity contribution in [3.8, 4) is 12.1 Å². The maximum absolute atomic E-state index is 10.4. The van der Waals surface area contributed by atoms with Gasteiger partial charge in [0.05, 0.1) is 5.56 Å². The fourth-order valence-electron chi connectivity index (χ4n) is 2.25. The molecule has 0 aliphatic rings. The highest BCUT2D eigenvalue weighted by atomic mass is 16.4. The standard InChI is InChI=1S/C14H16N2O/c1-4-10-7-11(8-15)14(9-16-17)13(6-3)12(10)5-2/h7H,4-6H2,1-3H3. The Labute approximate surface area is 102 Å². The van der Waals surface area contributed by atoms with Crippen molar-refractivity contribution in [2.24, 2.45) is 0 Å². The quantitative estimate of drug-likeness (QED) is 0.744. The van der Waals surface area contributed by atoms with Crippen LogP contribution in [-0.4, -0.2) is 0 Å². The second-order valence-corrected chi connectivity index (χ2v) is 3.79. The van der Waals surface area contributed by atoms with Gasteiger partial charge >= 0.3 is 6.07 Å². The van der Waals surface area contributed by atoms with Gasteiger partial charge < -0.3 is 5.21 Å². The van der Waals surface area contributed by atoms with Crippen LogP contribution in [0.2, 0.25) is 0 Å². The highest BCUT2D eigenvalue weighted by molar-refractivity contribution is 5.57. The van der Waals surface area contributed by atoms with Crippen molar-refractivity contribution in [3.63, 3.8) is 0 Å². The number of nitriles is 1. The molecule has 0 spiro atoms. The first-order valence-corrected chi connectivity index (χ1v) is 5.89. The van der Waals surface area contributed by atoms with Crippen LogP contribution in [0.4, 0.5) is 0 Å². The van der Waals surface area contributed by atoms with Crippen molar-refractivity contribution in [2.75, 3.05) is 0 Å². The van der Waals surface area contributed by atoms with Crippen molar-refractivity contribution in [3.05, 3.63) is 44.1 Å². The van der Waals surface area contributed by atoms with E-state index < -0.39 is 0 Å². The second-order valence-electron chi connectivity index (χ2n) is 3.79. The largest absolute Gasteiger partial charge is 0.498 e. The maximum Gasteiger partial charge on any atom is 0.338 e. The lowest BCUT2D eigenvalue weighted by atomic mass is 9.89. The summed E-state index contributed by atoms with van der Waals surface area (Å²) in [6, 6.07) is 6.39. The van der Waals surface area contributed by atoms with Crippen LogP contribution in [-0.2, 0) is 19.3 Å². The molecule has 0 amide bonds. The second kappa shape index (κ2) is 5.92. The molecule has 0 atom stereocenters. The van der Waals surface area contributed by atoms with Crippen LogP contribution in [0.1, 0.15) is 48.6 Å². The lowest BCUT2D eigenvalue weighted by molar-refractivity contribution is 0.974. The molecule has 0 unspecified atom stereocenters. The van der Waals surface area contributed by atoms with E-state index in [1.807, 2.05) is 13.0 Å². The lowest BCUT2D eigenvalue weighted by Gasteiger charge is -2.13. The average Bonchev–Trinajstić information content (AvgIpc) is 2.37. The van der Waals surface area contributed by atoms with Gasteiger partial charge in [0.1, 0.15) is 11.6 Å². The maximum atomic E-state index is 10.4. The molecule has 3 heteroatoms. The van der Waals surface area contributed by atoms with Gasteiger partial charge in [0.15, 0.2) is 0 Å². The number of hydrogen-bond acceptors (Lipinski definition) is 2. The molecular weight excluding hydrogens is 212 g/mol. The zero-order valence-corrected chi connectivity index (χ0v) is 10.5. The highest BCUT2D eigenvalue weighted by Gasteiger charge is 2.17. The Morgan fingerprint density at radius 3 is 2.24 bits per heavy atom. The van der Waals surface area contributed by atoms with Gasteiger partial charge in [0, 0.05) is 5.01 Å². The van der Waals surface area contributed by atoms with Gasteiger partial charge in [-0.2, -0.15) is 5.26 Å². The summed E-state index contributed by atoms with van der Waals surface area (Å²) in [4.78, 5) is 0. The molecule has 0 bridgehead atoms. The predicted molar refractivity (Wildman–Crippen MR) is 69.0 cm³/mol. The summed E-state index contributed by atoms with van der Waals surface area (Å²) in [5.74, 6) is 0. The van der Waals surface area contributed by atoms with Crippen LogP contribution in [0.25, 0.3) is 5.01 Å². The molecule has 0 heterocycles. The molecular formula is C14H16N2O. The summed E-state index contributed by atoms with van der Waals surface area (Å²) in [5, 5.41) is 22.2. The van der Waals surface area contributed by atoms with E-state index in [-0.39, 0.29) is 0 Å². The Balaban J connectivity index is 3.67. The van der Waals surface area contributed by atoms with E-state index in [2.05, 4.69) is 31.0 Å². The van der Waals surface area contributed by atoms with Gasteiger partial charge in [0.2, 0.25) is 0 Å². The Bertz CT molecular complexity index is 516. The third kappa shape index (κ3) is 2.40. The minimum Gasteiger partial charge on any atom is -0.498 e. The van der Waals surface area contributed by atoms with Crippen molar-refractivity contribution in [1.82, 2.24) is 0 Å². The summed E-state index contributed by atoms with van der Waals surface area (Å²) in [5.41, 5.74) is 4.50. The normalized spacial score (nSPS) is 9.29. The van der Waals surface area contributed by atoms with Crippen LogP contribution in [0.3, 0.4) is 0 Å². The first kappa shape index (κ1) is 13.1. The van der Waals surface area contributed by atoms with Gasteiger partial charge in [-0.3, -0.25) is 0 Å². The molecule has 17 heavy (non-hydrogen) atoms. The molecule has 1 aromatic carbocycles. The Kier molecular flexibility index (Phi) is 4.55. The minimum absolute atomic E-state index is 0.496. The van der Waals surface area contributed by atoms with Crippen LogP contribution in [0.15, 0.2) is 6.07 Å². The fraction of sp³-hybridized carbons (Fsp3) is 0.429. The molecule has 0 aromatic heterocycles. The third-order valence-corrected chi connectivity index (χ3v) is 3.01. The number of hydrogen-bond donors (Lipinski definition) is 0. The molecule has 0 N–H and O–H groups in total. The zero-order valence-electron chi connectivity index (χ0n) is 10.5. The number of benzene rings is 1. The zero-order chi connectivity index (χ0) is 12.8. The van der Waals surface area contributed by atoms with Crippen molar-refractivity contribution >= 4 is 0 Å². The Morgan fingerprint density at radius 1 is 1.18 bits per heavy atom. The van der Waals surface area contributed by atoms with Crippen LogP contribution in [0.5, 0.6) is 0 Å². The molecule has 0 fully saturated rings. The van der Waals surface area contributed by atoms with E-state index in [1.165, 1.54) is 11.1 Å². The van der Waals surface area contributed by atoms with Crippen molar-refractivity contribution < 1.29 is 0 Å². The highest BCUT2D eigenvalue weighted by Crippen LogP contribution is 2.24. The van der Waals surface area contributed by atoms with Gasteiger partial charge in [-0.1, -0.05) is 20.8 Å². The lowest BCUT2D eigenvalue weighted by Crippen LogP contribution is -2.03.